The summed E-state index contributed by atoms with van der Waals surface area (Å²) in [6.07, 6.45) is -5.19. The molecule has 0 bridgehead atoms. The summed E-state index contributed by atoms with van der Waals surface area (Å²) in [7, 11) is 1.64. The zero-order valence-electron chi connectivity index (χ0n) is 24.6. The van der Waals surface area contributed by atoms with Gasteiger partial charge >= 0.3 is 0 Å². The average molecular weight is 608 g/mol. The average Bonchev–Trinajstić information content (AvgIpc) is 2.98. The van der Waals surface area contributed by atoms with Gasteiger partial charge in [0.25, 0.3) is 0 Å². The molecule has 2 aliphatic rings. The van der Waals surface area contributed by atoms with Gasteiger partial charge in [0.2, 0.25) is 12.2 Å². The first-order valence-corrected chi connectivity index (χ1v) is 14.6. The lowest BCUT2D eigenvalue weighted by Gasteiger charge is -2.46. The quantitative estimate of drug-likeness (QED) is 0.0486. The first-order valence-electron chi connectivity index (χ1n) is 14.6. The first-order chi connectivity index (χ1) is 20.1. The van der Waals surface area contributed by atoms with Crippen LogP contribution in [-0.4, -0.2) is 140 Å². The van der Waals surface area contributed by atoms with Crippen molar-refractivity contribution in [1.82, 2.24) is 16.0 Å². The normalized spacial score (nSPS) is 31.0. The van der Waals surface area contributed by atoms with Crippen molar-refractivity contribution in [2.75, 3.05) is 46.4 Å². The second kappa shape index (κ2) is 19.0. The Morgan fingerprint density at radius 2 is 1.93 bits per heavy atom. The minimum Gasteiger partial charge on any atom is -0.467 e. The largest absolute Gasteiger partial charge is 0.467 e. The fraction of sp³-hybridized carbons (Fsp3) is 0.885. The highest BCUT2D eigenvalue weighted by atomic mass is 16.7. The second-order valence-corrected chi connectivity index (χ2v) is 10.6. The molecule has 246 valence electrons. The number of ether oxygens (including phenoxy) is 4. The smallest absolute Gasteiger partial charge is 0.249 e. The molecule has 0 saturated heterocycles. The molecule has 15 N–H and O–H groups in total. The lowest BCUT2D eigenvalue weighted by atomic mass is 9.83. The number of hydrogen-bond donors (Lipinski definition) is 11. The van der Waals surface area contributed by atoms with Crippen LogP contribution in [0.4, 0.5) is 0 Å². The summed E-state index contributed by atoms with van der Waals surface area (Å²) in [6, 6.07) is -2.48. The monoisotopic (exact) mass is 607 g/mol. The first kappa shape index (κ1) is 36.7. The molecule has 16 nitrogen and oxygen atoms in total. The molecule has 1 heterocycles. The molecule has 16 heteroatoms. The van der Waals surface area contributed by atoms with Crippen LogP contribution in [0.15, 0.2) is 11.8 Å². The van der Waals surface area contributed by atoms with Crippen molar-refractivity contribution in [2.24, 2.45) is 22.9 Å². The molecule has 0 radical (unpaired) electrons. The Balaban J connectivity index is 2.34. The van der Waals surface area contributed by atoms with Gasteiger partial charge in [0, 0.05) is 12.1 Å². The Labute approximate surface area is 247 Å². The number of aliphatic hydroxyl groups is 4. The van der Waals surface area contributed by atoms with E-state index in [0.29, 0.717) is 25.3 Å². The van der Waals surface area contributed by atoms with Crippen molar-refractivity contribution in [2.45, 2.75) is 99.9 Å². The highest BCUT2D eigenvalue weighted by molar-refractivity contribution is 5.80. The maximum absolute atomic E-state index is 12.7. The van der Waals surface area contributed by atoms with Gasteiger partial charge in [-0.25, -0.2) is 0 Å². The van der Waals surface area contributed by atoms with E-state index in [1.54, 1.807) is 14.0 Å². The maximum atomic E-state index is 12.7. The van der Waals surface area contributed by atoms with E-state index in [-0.39, 0.29) is 45.2 Å². The van der Waals surface area contributed by atoms with Crippen LogP contribution in [0.1, 0.15) is 32.6 Å². The number of carbonyl (C=O) groups excluding carboxylic acids is 1. The van der Waals surface area contributed by atoms with E-state index in [9.17, 15) is 25.2 Å². The number of hydrogen-bond acceptors (Lipinski definition) is 15. The van der Waals surface area contributed by atoms with E-state index in [1.165, 1.54) is 0 Å². The summed E-state index contributed by atoms with van der Waals surface area (Å²) in [5, 5.41) is 51.0. The Bertz CT molecular complexity index is 814. The van der Waals surface area contributed by atoms with Crippen molar-refractivity contribution in [3.8, 4) is 0 Å². The lowest BCUT2D eigenvalue weighted by Crippen LogP contribution is -2.67. The Morgan fingerprint density at radius 1 is 1.19 bits per heavy atom. The molecular weight excluding hydrogens is 554 g/mol. The van der Waals surface area contributed by atoms with E-state index in [2.05, 4.69) is 16.0 Å². The molecule has 0 aromatic rings. The number of carbonyl (C=O) groups is 1. The van der Waals surface area contributed by atoms with Crippen molar-refractivity contribution < 1.29 is 44.2 Å². The van der Waals surface area contributed by atoms with Crippen molar-refractivity contribution in [1.29, 1.82) is 0 Å². The molecular formula is C26H53N7O9. The van der Waals surface area contributed by atoms with Crippen LogP contribution < -0.4 is 38.9 Å². The number of nitrogens with two attached hydrogens (primary N) is 4. The zero-order chi connectivity index (χ0) is 31.2. The van der Waals surface area contributed by atoms with Crippen LogP contribution in [0.2, 0.25) is 0 Å². The van der Waals surface area contributed by atoms with E-state index >= 15 is 0 Å². The summed E-state index contributed by atoms with van der Waals surface area (Å²) in [5.41, 5.74) is 23.4. The standard InChI is InChI=1S/C26H53N7O9/c1-14(31-2)20(36)26(39-11-10-34)42-23-18(33-24(38)19(35)6-8-28)12-16(30)22(21(23)37)41-25-17(32-9-3-7-27)5-4-15(13-29)40-25/h4,14,16-23,25-26,31-32,34-37H,3,5-13,27-30H2,1-2H3,(H,33,38)/t14-,16-,17+,18+,19-,20+,21-,22+,23-,25+,26+/m0/s1. The number of nitrogens with one attached hydrogen (secondary N) is 3. The van der Waals surface area contributed by atoms with Crippen molar-refractivity contribution in [3.05, 3.63) is 11.8 Å². The third kappa shape index (κ3) is 10.6. The maximum Gasteiger partial charge on any atom is 0.249 e. The zero-order valence-corrected chi connectivity index (χ0v) is 24.6. The minimum absolute atomic E-state index is 0.0274. The summed E-state index contributed by atoms with van der Waals surface area (Å²) in [6.45, 7) is 2.56. The van der Waals surface area contributed by atoms with E-state index in [4.69, 9.17) is 41.9 Å². The molecule has 0 aromatic carbocycles. The molecule has 2 rings (SSSR count). The fourth-order valence-electron chi connectivity index (χ4n) is 4.88. The van der Waals surface area contributed by atoms with Gasteiger partial charge in [0.1, 0.15) is 36.3 Å². The second-order valence-electron chi connectivity index (χ2n) is 10.6. The molecule has 42 heavy (non-hydrogen) atoms. The van der Waals surface area contributed by atoms with E-state index in [1.807, 2.05) is 6.08 Å². The van der Waals surface area contributed by atoms with Gasteiger partial charge in [-0.15, -0.1) is 0 Å². The van der Waals surface area contributed by atoms with Gasteiger partial charge in [-0.1, -0.05) is 0 Å². The molecule has 1 aliphatic heterocycles. The van der Waals surface area contributed by atoms with Gasteiger partial charge < -0.3 is 78.3 Å². The SMILES string of the molecule is CN[C@@H](C)[C@@H](O)[C@H](OCCO)O[C@@H]1[C@@H](O)[C@H](O[C@H]2OC(CN)=CC[C@H]2NCCCN)[C@@H](N)C[C@H]1NC(=O)[C@@H](O)CCN. The fourth-order valence-corrected chi connectivity index (χ4v) is 4.88. The van der Waals surface area contributed by atoms with Gasteiger partial charge in [-0.2, -0.15) is 0 Å². The lowest BCUT2D eigenvalue weighted by molar-refractivity contribution is -0.273. The molecule has 11 atom stereocenters. The van der Waals surface area contributed by atoms with Crippen molar-refractivity contribution in [3.63, 3.8) is 0 Å². The van der Waals surface area contributed by atoms with E-state index in [0.717, 1.165) is 6.42 Å². The summed E-state index contributed by atoms with van der Waals surface area (Å²) in [4.78, 5) is 12.7. The third-order valence-electron chi connectivity index (χ3n) is 7.47. The number of likely N-dealkylation sites (N-methyl/N-ethyl adjacent to an activating group) is 1. The molecule has 0 spiro atoms. The number of amides is 1. The molecule has 0 unspecified atom stereocenters. The molecule has 0 aromatic heterocycles. The highest BCUT2D eigenvalue weighted by Crippen LogP contribution is 2.30. The van der Waals surface area contributed by atoms with Gasteiger partial charge in [0.15, 0.2) is 6.29 Å². The van der Waals surface area contributed by atoms with Crippen LogP contribution in [0.25, 0.3) is 0 Å². The molecule has 1 saturated carbocycles. The predicted molar refractivity (Wildman–Crippen MR) is 153 cm³/mol. The summed E-state index contributed by atoms with van der Waals surface area (Å²) in [5.74, 6) is -0.184. The molecule has 1 fully saturated rings. The van der Waals surface area contributed by atoms with E-state index < -0.39 is 67.1 Å². The van der Waals surface area contributed by atoms with Crippen LogP contribution in [-0.2, 0) is 23.7 Å². The highest BCUT2D eigenvalue weighted by Gasteiger charge is 2.49. The summed E-state index contributed by atoms with van der Waals surface area (Å²) < 4.78 is 24.0. The topological polar surface area (TPSA) is 275 Å². The Kier molecular flexibility index (Phi) is 16.6. The molecule has 1 amide bonds. The number of rotatable bonds is 19. The van der Waals surface area contributed by atoms with Crippen LogP contribution in [0.3, 0.4) is 0 Å². The van der Waals surface area contributed by atoms with Crippen LogP contribution >= 0.6 is 0 Å². The van der Waals surface area contributed by atoms with Gasteiger partial charge in [0.05, 0.1) is 31.8 Å². The Hall–Kier alpha value is -1.51. The van der Waals surface area contributed by atoms with Crippen molar-refractivity contribution >= 4 is 5.91 Å². The van der Waals surface area contributed by atoms with Gasteiger partial charge in [-0.05, 0) is 65.4 Å². The van der Waals surface area contributed by atoms with Crippen LogP contribution in [0.5, 0.6) is 0 Å². The number of aliphatic hydroxyl groups excluding tert-OH is 4. The van der Waals surface area contributed by atoms with Crippen LogP contribution in [0, 0.1) is 0 Å². The Morgan fingerprint density at radius 3 is 2.55 bits per heavy atom. The third-order valence-corrected chi connectivity index (χ3v) is 7.47. The molecule has 1 aliphatic carbocycles. The minimum atomic E-state index is -1.44. The predicted octanol–water partition coefficient (Wildman–Crippen LogP) is -4.76. The van der Waals surface area contributed by atoms with Gasteiger partial charge in [-0.3, -0.25) is 4.79 Å². The summed E-state index contributed by atoms with van der Waals surface area (Å²) >= 11 is 0.